The lowest BCUT2D eigenvalue weighted by atomic mass is 9.77. The lowest BCUT2D eigenvalue weighted by Crippen LogP contribution is -2.37. The highest BCUT2D eigenvalue weighted by atomic mass is 16.2. The number of imidazole rings is 1. The van der Waals surface area contributed by atoms with Crippen molar-refractivity contribution in [2.75, 3.05) is 7.05 Å². The number of carbonyl (C=O) groups excluding carboxylic acids is 2. The number of carbonyl (C=O) groups is 2. The van der Waals surface area contributed by atoms with Gasteiger partial charge in [0.1, 0.15) is 11.5 Å². The first kappa shape index (κ1) is 20.3. The quantitative estimate of drug-likeness (QED) is 0.787. The zero-order valence-corrected chi connectivity index (χ0v) is 17.4. The Morgan fingerprint density at radius 1 is 1.14 bits per heavy atom. The van der Waals surface area contributed by atoms with Crippen LogP contribution in [0.15, 0.2) is 30.3 Å². The summed E-state index contributed by atoms with van der Waals surface area (Å²) in [5.41, 5.74) is 2.32. The molecule has 0 unspecified atom stereocenters. The third-order valence-electron chi connectivity index (χ3n) is 5.66. The molecule has 3 rings (SSSR count). The molecule has 2 heterocycles. The highest BCUT2D eigenvalue weighted by Gasteiger charge is 2.34. The maximum atomic E-state index is 13.3. The molecule has 0 aliphatic carbocycles. The Bertz CT molecular complexity index is 847. The second-order valence-corrected chi connectivity index (χ2v) is 8.72. The van der Waals surface area contributed by atoms with Crippen molar-refractivity contribution < 1.29 is 9.59 Å². The van der Waals surface area contributed by atoms with Gasteiger partial charge in [-0.2, -0.15) is 0 Å². The van der Waals surface area contributed by atoms with Gasteiger partial charge >= 0.3 is 0 Å². The monoisotopic (exact) mass is 381 g/mol. The van der Waals surface area contributed by atoms with Crippen LogP contribution in [0, 0.1) is 11.3 Å². The van der Waals surface area contributed by atoms with Crippen LogP contribution < -0.4 is 5.32 Å². The van der Waals surface area contributed by atoms with Crippen LogP contribution in [0.2, 0.25) is 0 Å². The van der Waals surface area contributed by atoms with Crippen molar-refractivity contribution in [2.24, 2.45) is 11.3 Å². The molecular formula is C23H31N3O2. The summed E-state index contributed by atoms with van der Waals surface area (Å²) in [4.78, 5) is 30.5. The lowest BCUT2D eigenvalue weighted by molar-refractivity contribution is -0.127. The molecule has 0 saturated heterocycles. The number of hydrogen-bond donors (Lipinski definition) is 1. The third-order valence-corrected chi connectivity index (χ3v) is 5.66. The normalized spacial score (nSPS) is 15.4. The van der Waals surface area contributed by atoms with Gasteiger partial charge in [-0.15, -0.1) is 0 Å². The number of fused-ring (bicyclic) bond motifs is 1. The van der Waals surface area contributed by atoms with Gasteiger partial charge in [-0.3, -0.25) is 9.59 Å². The van der Waals surface area contributed by atoms with E-state index in [9.17, 15) is 9.59 Å². The van der Waals surface area contributed by atoms with Gasteiger partial charge in [-0.05, 0) is 24.7 Å². The van der Waals surface area contributed by atoms with Crippen LogP contribution >= 0.6 is 0 Å². The number of nitrogens with one attached hydrogen (secondary N) is 1. The third kappa shape index (κ3) is 4.18. The molecule has 5 nitrogen and oxygen atoms in total. The van der Waals surface area contributed by atoms with Gasteiger partial charge in [0.2, 0.25) is 5.91 Å². The number of amides is 1. The molecule has 1 amide bonds. The standard InChI is InChI=1S/C23H31N3O2/c1-23(2,3)17(22(28)24-4)15-19(27)20-18-13-9-6-10-14-26(18)21(25-20)16-11-7-5-8-12-16/h5,7-8,11-12,17H,6,9-10,13-15H2,1-4H3,(H,24,28)/t17-/m1/s1. The van der Waals surface area contributed by atoms with Crippen molar-refractivity contribution >= 4 is 11.7 Å². The Morgan fingerprint density at radius 2 is 1.86 bits per heavy atom. The Balaban J connectivity index is 2.00. The molecule has 1 aromatic heterocycles. The van der Waals surface area contributed by atoms with Crippen LogP contribution in [0.1, 0.15) is 62.6 Å². The molecule has 5 heteroatoms. The second kappa shape index (κ2) is 8.29. The fourth-order valence-corrected chi connectivity index (χ4v) is 4.00. The summed E-state index contributed by atoms with van der Waals surface area (Å²) < 4.78 is 2.22. The van der Waals surface area contributed by atoms with Gasteiger partial charge in [0.25, 0.3) is 0 Å². The van der Waals surface area contributed by atoms with Crippen molar-refractivity contribution in [1.29, 1.82) is 0 Å². The van der Waals surface area contributed by atoms with E-state index in [-0.39, 0.29) is 29.4 Å². The zero-order chi connectivity index (χ0) is 20.3. The Labute approximate surface area is 167 Å². The van der Waals surface area contributed by atoms with Gasteiger partial charge < -0.3 is 9.88 Å². The number of hydrogen-bond acceptors (Lipinski definition) is 3. The molecule has 1 aliphatic heterocycles. The topological polar surface area (TPSA) is 64.0 Å². The van der Waals surface area contributed by atoms with Gasteiger partial charge in [-0.25, -0.2) is 4.98 Å². The largest absolute Gasteiger partial charge is 0.359 e. The molecule has 2 aromatic rings. The minimum Gasteiger partial charge on any atom is -0.359 e. The Kier molecular flexibility index (Phi) is 6.01. The van der Waals surface area contributed by atoms with E-state index in [1.54, 1.807) is 7.05 Å². The fourth-order valence-electron chi connectivity index (χ4n) is 4.00. The molecule has 0 fully saturated rings. The summed E-state index contributed by atoms with van der Waals surface area (Å²) in [5.74, 6) is 0.368. The minimum absolute atomic E-state index is 0.0312. The van der Waals surface area contributed by atoms with Crippen molar-refractivity contribution in [3.63, 3.8) is 0 Å². The molecule has 0 saturated carbocycles. The number of Topliss-reactive ketones (excluding diaryl/α,β-unsaturated/α-hetero) is 1. The predicted octanol–water partition coefficient (Wildman–Crippen LogP) is 4.26. The van der Waals surface area contributed by atoms with E-state index in [1.807, 2.05) is 51.1 Å². The summed E-state index contributed by atoms with van der Waals surface area (Å²) in [6.45, 7) is 6.90. The van der Waals surface area contributed by atoms with Gasteiger partial charge in [0.15, 0.2) is 5.78 Å². The molecule has 0 spiro atoms. The van der Waals surface area contributed by atoms with E-state index in [1.165, 1.54) is 0 Å². The van der Waals surface area contributed by atoms with E-state index in [4.69, 9.17) is 4.98 Å². The van der Waals surface area contributed by atoms with Gasteiger partial charge in [0.05, 0.1) is 5.92 Å². The number of aromatic nitrogens is 2. The molecule has 0 bridgehead atoms. The van der Waals surface area contributed by atoms with E-state index in [2.05, 4.69) is 9.88 Å². The van der Waals surface area contributed by atoms with Gasteiger partial charge in [-0.1, -0.05) is 57.5 Å². The van der Waals surface area contributed by atoms with Gasteiger partial charge in [0, 0.05) is 31.3 Å². The number of nitrogens with zero attached hydrogens (tertiary/aromatic N) is 2. The first-order valence-electron chi connectivity index (χ1n) is 10.2. The lowest BCUT2D eigenvalue weighted by Gasteiger charge is -2.28. The SMILES string of the molecule is CNC(=O)[C@@H](CC(=O)c1nc(-c2ccccc2)n2c1CCCCC2)C(C)(C)C. The fraction of sp³-hybridized carbons (Fsp3) is 0.522. The molecule has 28 heavy (non-hydrogen) atoms. The molecular weight excluding hydrogens is 350 g/mol. The van der Waals surface area contributed by atoms with E-state index >= 15 is 0 Å². The van der Waals surface area contributed by atoms with Crippen LogP contribution in [-0.2, 0) is 17.8 Å². The zero-order valence-electron chi connectivity index (χ0n) is 17.4. The van der Waals surface area contributed by atoms with Crippen LogP contribution in [0.25, 0.3) is 11.4 Å². The maximum Gasteiger partial charge on any atom is 0.223 e. The second-order valence-electron chi connectivity index (χ2n) is 8.72. The smallest absolute Gasteiger partial charge is 0.223 e. The first-order chi connectivity index (χ1) is 13.3. The molecule has 150 valence electrons. The van der Waals surface area contributed by atoms with Crippen LogP contribution in [0.4, 0.5) is 0 Å². The number of ketones is 1. The van der Waals surface area contributed by atoms with Crippen LogP contribution in [-0.4, -0.2) is 28.3 Å². The first-order valence-corrected chi connectivity index (χ1v) is 10.2. The highest BCUT2D eigenvalue weighted by molar-refractivity contribution is 5.98. The Morgan fingerprint density at radius 3 is 2.50 bits per heavy atom. The summed E-state index contributed by atoms with van der Waals surface area (Å²) >= 11 is 0. The van der Waals surface area contributed by atoms with E-state index in [0.717, 1.165) is 49.3 Å². The average molecular weight is 382 g/mol. The van der Waals surface area contributed by atoms with Crippen LogP contribution in [0.3, 0.4) is 0 Å². The van der Waals surface area contributed by atoms with Crippen molar-refractivity contribution in [3.8, 4) is 11.4 Å². The van der Waals surface area contributed by atoms with Crippen LogP contribution in [0.5, 0.6) is 0 Å². The van der Waals surface area contributed by atoms with Crippen molar-refractivity contribution in [3.05, 3.63) is 41.7 Å². The van der Waals surface area contributed by atoms with E-state index < -0.39 is 0 Å². The molecule has 1 atom stereocenters. The number of benzene rings is 1. The predicted molar refractivity (Wildman–Crippen MR) is 111 cm³/mol. The van der Waals surface area contributed by atoms with Crippen molar-refractivity contribution in [2.45, 2.75) is 59.4 Å². The average Bonchev–Trinajstić information content (AvgIpc) is 2.86. The van der Waals surface area contributed by atoms with Crippen molar-refractivity contribution in [1.82, 2.24) is 14.9 Å². The molecule has 0 radical (unpaired) electrons. The molecule has 1 aromatic carbocycles. The summed E-state index contributed by atoms with van der Waals surface area (Å²) in [5, 5.41) is 2.72. The number of rotatable bonds is 5. The summed E-state index contributed by atoms with van der Waals surface area (Å²) in [6.07, 6.45) is 4.37. The van der Waals surface area contributed by atoms with E-state index in [0.29, 0.717) is 5.69 Å². The maximum absolute atomic E-state index is 13.3. The highest BCUT2D eigenvalue weighted by Crippen LogP contribution is 2.32. The summed E-state index contributed by atoms with van der Waals surface area (Å²) in [6, 6.07) is 10.1. The minimum atomic E-state index is -0.381. The Hall–Kier alpha value is -2.43. The summed E-state index contributed by atoms with van der Waals surface area (Å²) in [7, 11) is 1.63. The molecule has 1 aliphatic rings. The molecule has 1 N–H and O–H groups in total.